The topological polar surface area (TPSA) is 105 Å². The van der Waals surface area contributed by atoms with E-state index in [9.17, 15) is 23.6 Å². The Hall–Kier alpha value is -3.95. The third-order valence-electron chi connectivity index (χ3n) is 5.85. The van der Waals surface area contributed by atoms with E-state index in [2.05, 4.69) is 5.32 Å². The molecule has 1 aliphatic rings. The van der Waals surface area contributed by atoms with Crippen molar-refractivity contribution in [3.05, 3.63) is 65.5 Å². The zero-order valence-corrected chi connectivity index (χ0v) is 19.8. The SMILES string of the molecule is COC(=O)[C@H](Cc1ccc(OC)cc1)NC(=O)[C@@H]1CN(C(=O)c2cccc(F)c2)CCN1C(C)=O. The molecular weight excluding hydrogens is 457 g/mol. The first-order chi connectivity index (χ1) is 16.7. The minimum absolute atomic E-state index is 0.100. The van der Waals surface area contributed by atoms with E-state index in [1.54, 1.807) is 31.4 Å². The second kappa shape index (κ2) is 11.5. The number of ether oxygens (including phenoxy) is 2. The van der Waals surface area contributed by atoms with Crippen LogP contribution in [-0.2, 0) is 25.5 Å². The summed E-state index contributed by atoms with van der Waals surface area (Å²) >= 11 is 0. The van der Waals surface area contributed by atoms with Crippen molar-refractivity contribution in [2.75, 3.05) is 33.9 Å². The predicted octanol–water partition coefficient (Wildman–Crippen LogP) is 1.41. The van der Waals surface area contributed by atoms with Crippen LogP contribution in [0.2, 0.25) is 0 Å². The summed E-state index contributed by atoms with van der Waals surface area (Å²) in [5.41, 5.74) is 0.906. The number of benzene rings is 2. The van der Waals surface area contributed by atoms with Gasteiger partial charge in [-0.2, -0.15) is 0 Å². The summed E-state index contributed by atoms with van der Waals surface area (Å²) in [6.45, 7) is 1.54. The Balaban J connectivity index is 1.77. The number of carbonyl (C=O) groups excluding carboxylic acids is 4. The van der Waals surface area contributed by atoms with Crippen LogP contribution in [0.15, 0.2) is 48.5 Å². The highest BCUT2D eigenvalue weighted by Crippen LogP contribution is 2.17. The number of rotatable bonds is 7. The highest BCUT2D eigenvalue weighted by atomic mass is 19.1. The third kappa shape index (κ3) is 6.34. The summed E-state index contributed by atoms with van der Waals surface area (Å²) in [5.74, 6) is -1.93. The Morgan fingerprint density at radius 3 is 2.40 bits per heavy atom. The highest BCUT2D eigenvalue weighted by Gasteiger charge is 2.37. The largest absolute Gasteiger partial charge is 0.497 e. The van der Waals surface area contributed by atoms with Crippen LogP contribution in [0.25, 0.3) is 0 Å². The van der Waals surface area contributed by atoms with Crippen LogP contribution in [0.3, 0.4) is 0 Å². The van der Waals surface area contributed by atoms with Gasteiger partial charge in [-0.1, -0.05) is 18.2 Å². The van der Waals surface area contributed by atoms with Crippen molar-refractivity contribution in [1.29, 1.82) is 0 Å². The van der Waals surface area contributed by atoms with Crippen LogP contribution in [-0.4, -0.2) is 79.4 Å². The van der Waals surface area contributed by atoms with Gasteiger partial charge in [0.2, 0.25) is 11.8 Å². The van der Waals surface area contributed by atoms with Gasteiger partial charge in [0.15, 0.2) is 0 Å². The molecule has 0 bridgehead atoms. The number of amides is 3. The average Bonchev–Trinajstić information content (AvgIpc) is 2.87. The Labute approximate surface area is 202 Å². The zero-order valence-electron chi connectivity index (χ0n) is 19.8. The molecule has 1 fully saturated rings. The Morgan fingerprint density at radius 1 is 1.09 bits per heavy atom. The predicted molar refractivity (Wildman–Crippen MR) is 124 cm³/mol. The van der Waals surface area contributed by atoms with E-state index in [1.807, 2.05) is 0 Å². The van der Waals surface area contributed by atoms with Crippen LogP contribution in [0, 0.1) is 5.82 Å². The summed E-state index contributed by atoms with van der Waals surface area (Å²) in [7, 11) is 2.76. The summed E-state index contributed by atoms with van der Waals surface area (Å²) in [6, 6.07) is 10.2. The smallest absolute Gasteiger partial charge is 0.328 e. The van der Waals surface area contributed by atoms with Crippen molar-refractivity contribution < 1.29 is 33.0 Å². The lowest BCUT2D eigenvalue weighted by molar-refractivity contribution is -0.147. The van der Waals surface area contributed by atoms with Crippen molar-refractivity contribution in [1.82, 2.24) is 15.1 Å². The van der Waals surface area contributed by atoms with E-state index in [-0.39, 0.29) is 37.5 Å². The van der Waals surface area contributed by atoms with Gasteiger partial charge < -0.3 is 24.6 Å². The number of nitrogens with one attached hydrogen (secondary N) is 1. The fourth-order valence-electron chi connectivity index (χ4n) is 3.97. The Morgan fingerprint density at radius 2 is 1.80 bits per heavy atom. The van der Waals surface area contributed by atoms with Gasteiger partial charge >= 0.3 is 5.97 Å². The molecule has 1 aliphatic heterocycles. The van der Waals surface area contributed by atoms with Crippen LogP contribution in [0.1, 0.15) is 22.8 Å². The molecule has 35 heavy (non-hydrogen) atoms. The molecule has 0 radical (unpaired) electrons. The monoisotopic (exact) mass is 485 g/mol. The first-order valence-corrected chi connectivity index (χ1v) is 11.1. The normalized spacial score (nSPS) is 16.3. The molecule has 0 aliphatic carbocycles. The number of halogens is 1. The van der Waals surface area contributed by atoms with Gasteiger partial charge in [-0.05, 0) is 35.9 Å². The molecule has 3 amide bonds. The van der Waals surface area contributed by atoms with E-state index in [0.29, 0.717) is 5.75 Å². The van der Waals surface area contributed by atoms with E-state index in [1.165, 1.54) is 42.0 Å². The van der Waals surface area contributed by atoms with Gasteiger partial charge in [-0.3, -0.25) is 14.4 Å². The van der Waals surface area contributed by atoms with E-state index < -0.39 is 35.7 Å². The number of methoxy groups -OCH3 is 2. The van der Waals surface area contributed by atoms with Crippen molar-refractivity contribution in [2.24, 2.45) is 0 Å². The van der Waals surface area contributed by atoms with E-state index in [4.69, 9.17) is 9.47 Å². The van der Waals surface area contributed by atoms with Crippen LogP contribution in [0.4, 0.5) is 4.39 Å². The number of hydrogen-bond donors (Lipinski definition) is 1. The van der Waals surface area contributed by atoms with Crippen LogP contribution in [0.5, 0.6) is 5.75 Å². The lowest BCUT2D eigenvalue weighted by Crippen LogP contribution is -2.62. The maximum Gasteiger partial charge on any atom is 0.328 e. The maximum atomic E-state index is 13.6. The summed E-state index contributed by atoms with van der Waals surface area (Å²) in [4.78, 5) is 53.6. The van der Waals surface area contributed by atoms with Gasteiger partial charge in [0, 0.05) is 32.0 Å². The molecular formula is C25H28FN3O6. The Kier molecular flexibility index (Phi) is 8.40. The molecule has 0 aromatic heterocycles. The van der Waals surface area contributed by atoms with Crippen molar-refractivity contribution in [2.45, 2.75) is 25.4 Å². The van der Waals surface area contributed by atoms with Crippen molar-refractivity contribution in [3.63, 3.8) is 0 Å². The fraction of sp³-hybridized carbons (Fsp3) is 0.360. The van der Waals surface area contributed by atoms with Gasteiger partial charge in [0.1, 0.15) is 23.7 Å². The highest BCUT2D eigenvalue weighted by molar-refractivity contribution is 5.96. The first kappa shape index (κ1) is 25.7. The standard InChI is InChI=1S/C25H28FN3O6/c1-16(30)29-12-11-28(24(32)18-5-4-6-19(26)14-18)15-22(29)23(31)27-21(25(33)35-3)13-17-7-9-20(34-2)10-8-17/h4-10,14,21-22H,11-13,15H2,1-3H3,(H,27,31)/t21-,22-/m0/s1. The Bertz CT molecular complexity index is 1090. The van der Waals surface area contributed by atoms with Gasteiger partial charge in [0.05, 0.1) is 20.8 Å². The molecule has 2 atom stereocenters. The second-order valence-corrected chi connectivity index (χ2v) is 8.13. The van der Waals surface area contributed by atoms with Crippen molar-refractivity contribution >= 4 is 23.7 Å². The number of carbonyl (C=O) groups is 4. The van der Waals surface area contributed by atoms with Gasteiger partial charge in [-0.15, -0.1) is 0 Å². The molecule has 10 heteroatoms. The lowest BCUT2D eigenvalue weighted by Gasteiger charge is -2.40. The van der Waals surface area contributed by atoms with E-state index in [0.717, 1.165) is 11.6 Å². The minimum Gasteiger partial charge on any atom is -0.497 e. The minimum atomic E-state index is -1.03. The summed E-state index contributed by atoms with van der Waals surface area (Å²) < 4.78 is 23.6. The number of hydrogen-bond acceptors (Lipinski definition) is 6. The zero-order chi connectivity index (χ0) is 25.5. The summed E-state index contributed by atoms with van der Waals surface area (Å²) in [6.07, 6.45) is 0.154. The summed E-state index contributed by atoms with van der Waals surface area (Å²) in [5, 5.41) is 2.67. The third-order valence-corrected chi connectivity index (χ3v) is 5.85. The fourth-order valence-corrected chi connectivity index (χ4v) is 3.97. The molecule has 186 valence electrons. The molecule has 1 saturated heterocycles. The average molecular weight is 486 g/mol. The van der Waals surface area contributed by atoms with Crippen LogP contribution >= 0.6 is 0 Å². The van der Waals surface area contributed by atoms with Gasteiger partial charge in [-0.25, -0.2) is 9.18 Å². The van der Waals surface area contributed by atoms with Crippen LogP contribution < -0.4 is 10.1 Å². The molecule has 0 saturated carbocycles. The molecule has 0 spiro atoms. The molecule has 9 nitrogen and oxygen atoms in total. The molecule has 1 heterocycles. The molecule has 1 N–H and O–H groups in total. The molecule has 0 unspecified atom stereocenters. The lowest BCUT2D eigenvalue weighted by atomic mass is 10.0. The maximum absolute atomic E-state index is 13.6. The number of piperazine rings is 1. The van der Waals surface area contributed by atoms with E-state index >= 15 is 0 Å². The number of esters is 1. The molecule has 2 aromatic carbocycles. The second-order valence-electron chi connectivity index (χ2n) is 8.13. The van der Waals surface area contributed by atoms with Gasteiger partial charge in [0.25, 0.3) is 5.91 Å². The molecule has 3 rings (SSSR count). The van der Waals surface area contributed by atoms with Crippen molar-refractivity contribution in [3.8, 4) is 5.75 Å². The quantitative estimate of drug-likeness (QED) is 0.595. The number of nitrogens with zero attached hydrogens (tertiary/aromatic N) is 2. The molecule has 2 aromatic rings. The first-order valence-electron chi connectivity index (χ1n) is 11.1.